The fourth-order valence-corrected chi connectivity index (χ4v) is 5.28. The third-order valence-corrected chi connectivity index (χ3v) is 7.25. The molecule has 1 amide bonds. The molecule has 190 valence electrons. The average Bonchev–Trinajstić information content (AvgIpc) is 3.33. The quantitative estimate of drug-likeness (QED) is 0.240. The Labute approximate surface area is 201 Å². The summed E-state index contributed by atoms with van der Waals surface area (Å²) in [5.41, 5.74) is 0. The number of carboxylic acids is 1. The van der Waals surface area contributed by atoms with Gasteiger partial charge in [0.15, 0.2) is 0 Å². The monoisotopic (exact) mass is 464 g/mol. The number of unbranched alkanes of at least 4 members (excludes halogenated alkanes) is 3. The molecule has 0 heterocycles. The summed E-state index contributed by atoms with van der Waals surface area (Å²) in [5.74, 6) is -1.00. The van der Waals surface area contributed by atoms with Crippen molar-refractivity contribution in [3.63, 3.8) is 0 Å². The molecule has 0 aromatic heterocycles. The molecular formula is C27H48N2O4. The summed E-state index contributed by atoms with van der Waals surface area (Å²) >= 11 is 0. The zero-order chi connectivity index (χ0) is 23.7. The number of carboxylic acid groups (broad SMARTS) is 1. The van der Waals surface area contributed by atoms with Crippen LogP contribution in [0.25, 0.3) is 0 Å². The van der Waals surface area contributed by atoms with Crippen LogP contribution >= 0.6 is 0 Å². The van der Waals surface area contributed by atoms with E-state index in [1.165, 1.54) is 64.2 Å². The number of ether oxygens (including phenoxy) is 1. The standard InChI is InChI=1S/C15H25NO4.C12H23N/c1-2-3-4-5-6-11-13(14(17)18)16-15(19)20-12-9-7-8-10-12;1-3-7-11(8-4-1)13-12-9-5-2-6-10-12/h2,12-13H,1,3-11H2,(H,16,19)(H,17,18);11-13H,1-10H2. The van der Waals surface area contributed by atoms with Crippen LogP contribution in [-0.2, 0) is 9.53 Å². The Morgan fingerprint density at radius 2 is 1.39 bits per heavy atom. The Morgan fingerprint density at radius 3 is 1.91 bits per heavy atom. The number of hydrogen-bond donors (Lipinski definition) is 3. The van der Waals surface area contributed by atoms with Gasteiger partial charge in [-0.2, -0.15) is 0 Å². The maximum Gasteiger partial charge on any atom is 0.408 e. The first kappa shape index (κ1) is 27.7. The molecule has 3 fully saturated rings. The molecule has 6 nitrogen and oxygen atoms in total. The lowest BCUT2D eigenvalue weighted by Gasteiger charge is -2.30. The number of rotatable bonds is 11. The number of alkyl carbamates (subject to hydrolysis) is 1. The SMILES string of the molecule is C1CCC(NC2CCCCC2)CC1.C=CCCCCCC(NC(=O)OC1CCCC1)C(=O)O. The zero-order valence-corrected chi connectivity index (χ0v) is 20.7. The van der Waals surface area contributed by atoms with Crippen molar-refractivity contribution < 1.29 is 19.4 Å². The van der Waals surface area contributed by atoms with Gasteiger partial charge < -0.3 is 20.5 Å². The Morgan fingerprint density at radius 1 is 0.848 bits per heavy atom. The second-order valence-electron chi connectivity index (χ2n) is 10.1. The first-order valence-corrected chi connectivity index (χ1v) is 13.7. The van der Waals surface area contributed by atoms with Crippen LogP contribution in [0, 0.1) is 0 Å². The molecule has 0 saturated heterocycles. The fraction of sp³-hybridized carbons (Fsp3) is 0.852. The van der Waals surface area contributed by atoms with Crippen LogP contribution in [0.15, 0.2) is 12.7 Å². The van der Waals surface area contributed by atoms with E-state index in [-0.39, 0.29) is 6.10 Å². The number of hydrogen-bond acceptors (Lipinski definition) is 4. The molecule has 6 heteroatoms. The maximum atomic E-state index is 11.6. The Bertz CT molecular complexity index is 534. The Kier molecular flexibility index (Phi) is 14.2. The smallest absolute Gasteiger partial charge is 0.408 e. The first-order chi connectivity index (χ1) is 16.1. The van der Waals surface area contributed by atoms with Crippen molar-refractivity contribution in [2.24, 2.45) is 0 Å². The van der Waals surface area contributed by atoms with E-state index in [0.717, 1.165) is 63.5 Å². The molecule has 1 atom stereocenters. The van der Waals surface area contributed by atoms with Crippen LogP contribution < -0.4 is 10.6 Å². The van der Waals surface area contributed by atoms with Gasteiger partial charge in [-0.3, -0.25) is 0 Å². The van der Waals surface area contributed by atoms with Crippen molar-refractivity contribution in [1.82, 2.24) is 10.6 Å². The molecule has 3 aliphatic carbocycles. The van der Waals surface area contributed by atoms with Crippen molar-refractivity contribution in [3.05, 3.63) is 12.7 Å². The van der Waals surface area contributed by atoms with Gasteiger partial charge in [-0.15, -0.1) is 6.58 Å². The molecule has 0 spiro atoms. The number of carbonyl (C=O) groups is 2. The van der Waals surface area contributed by atoms with Gasteiger partial charge in [0, 0.05) is 12.1 Å². The molecule has 0 radical (unpaired) electrons. The summed E-state index contributed by atoms with van der Waals surface area (Å²) in [6.07, 6.45) is 23.8. The van der Waals surface area contributed by atoms with E-state index in [0.29, 0.717) is 6.42 Å². The summed E-state index contributed by atoms with van der Waals surface area (Å²) in [7, 11) is 0. The van der Waals surface area contributed by atoms with Gasteiger partial charge in [-0.1, -0.05) is 57.4 Å². The van der Waals surface area contributed by atoms with E-state index in [2.05, 4.69) is 17.2 Å². The highest BCUT2D eigenvalue weighted by Gasteiger charge is 2.24. The van der Waals surface area contributed by atoms with Gasteiger partial charge in [-0.05, 0) is 70.6 Å². The first-order valence-electron chi connectivity index (χ1n) is 13.7. The molecule has 0 aromatic carbocycles. The van der Waals surface area contributed by atoms with Gasteiger partial charge in [-0.25, -0.2) is 9.59 Å². The summed E-state index contributed by atoms with van der Waals surface area (Å²) in [4.78, 5) is 22.7. The average molecular weight is 465 g/mol. The van der Waals surface area contributed by atoms with Crippen molar-refractivity contribution in [2.45, 2.75) is 146 Å². The molecule has 33 heavy (non-hydrogen) atoms. The normalized spacial score (nSPS) is 21.0. The summed E-state index contributed by atoms with van der Waals surface area (Å²) < 4.78 is 5.21. The minimum atomic E-state index is -1.00. The van der Waals surface area contributed by atoms with Gasteiger partial charge in [0.25, 0.3) is 0 Å². The third kappa shape index (κ3) is 12.5. The van der Waals surface area contributed by atoms with E-state index in [9.17, 15) is 9.59 Å². The van der Waals surface area contributed by atoms with E-state index in [1.807, 2.05) is 6.08 Å². The van der Waals surface area contributed by atoms with E-state index in [4.69, 9.17) is 9.84 Å². The maximum absolute atomic E-state index is 11.6. The van der Waals surface area contributed by atoms with Crippen LogP contribution in [0.1, 0.15) is 122 Å². The van der Waals surface area contributed by atoms with Crippen molar-refractivity contribution >= 4 is 12.1 Å². The van der Waals surface area contributed by atoms with Gasteiger partial charge in [0.2, 0.25) is 0 Å². The van der Waals surface area contributed by atoms with Crippen molar-refractivity contribution in [3.8, 4) is 0 Å². The predicted octanol–water partition coefficient (Wildman–Crippen LogP) is 6.49. The predicted molar refractivity (Wildman–Crippen MR) is 133 cm³/mol. The number of aliphatic carboxylic acids is 1. The highest BCUT2D eigenvalue weighted by molar-refractivity contribution is 5.79. The second kappa shape index (κ2) is 17.0. The van der Waals surface area contributed by atoms with E-state index >= 15 is 0 Å². The number of allylic oxidation sites excluding steroid dienone is 1. The molecule has 3 N–H and O–H groups in total. The Hall–Kier alpha value is -1.56. The highest BCUT2D eigenvalue weighted by atomic mass is 16.6. The molecule has 3 rings (SSSR count). The van der Waals surface area contributed by atoms with Crippen molar-refractivity contribution in [2.75, 3.05) is 0 Å². The van der Waals surface area contributed by atoms with Crippen molar-refractivity contribution in [1.29, 1.82) is 0 Å². The lowest BCUT2D eigenvalue weighted by molar-refractivity contribution is -0.139. The lowest BCUT2D eigenvalue weighted by Crippen LogP contribution is -2.42. The van der Waals surface area contributed by atoms with Crippen LogP contribution in [0.3, 0.4) is 0 Å². The highest BCUT2D eigenvalue weighted by Crippen LogP contribution is 2.23. The van der Waals surface area contributed by atoms with Gasteiger partial charge in [0.1, 0.15) is 12.1 Å². The summed E-state index contributed by atoms with van der Waals surface area (Å²) in [5, 5.41) is 15.4. The van der Waals surface area contributed by atoms with Gasteiger partial charge in [0.05, 0.1) is 0 Å². The zero-order valence-electron chi connectivity index (χ0n) is 20.7. The van der Waals surface area contributed by atoms with E-state index < -0.39 is 18.1 Å². The molecule has 0 aliphatic heterocycles. The Balaban J connectivity index is 0.000000254. The lowest BCUT2D eigenvalue weighted by atomic mass is 9.91. The van der Waals surface area contributed by atoms with Crippen LogP contribution in [0.5, 0.6) is 0 Å². The van der Waals surface area contributed by atoms with Crippen LogP contribution in [-0.4, -0.2) is 41.4 Å². The second-order valence-corrected chi connectivity index (χ2v) is 10.1. The van der Waals surface area contributed by atoms with E-state index in [1.54, 1.807) is 0 Å². The molecule has 1 unspecified atom stereocenters. The molecule has 0 aromatic rings. The molecule has 3 aliphatic rings. The number of nitrogens with one attached hydrogen (secondary N) is 2. The topological polar surface area (TPSA) is 87.7 Å². The summed E-state index contributed by atoms with van der Waals surface area (Å²) in [6, 6.07) is 0.890. The molecule has 0 bridgehead atoms. The number of amides is 1. The largest absolute Gasteiger partial charge is 0.480 e. The minimum Gasteiger partial charge on any atom is -0.480 e. The van der Waals surface area contributed by atoms with Crippen LogP contribution in [0.2, 0.25) is 0 Å². The molecular weight excluding hydrogens is 416 g/mol. The van der Waals surface area contributed by atoms with Gasteiger partial charge >= 0.3 is 12.1 Å². The number of carbonyl (C=O) groups excluding carboxylic acids is 1. The third-order valence-electron chi connectivity index (χ3n) is 7.25. The van der Waals surface area contributed by atoms with Crippen LogP contribution in [0.4, 0.5) is 4.79 Å². The fourth-order valence-electron chi connectivity index (χ4n) is 5.28. The minimum absolute atomic E-state index is 0.0444. The summed E-state index contributed by atoms with van der Waals surface area (Å²) in [6.45, 7) is 3.64. The molecule has 3 saturated carbocycles.